The number of carbonyl (C=O) groups is 1. The molecule has 0 aliphatic rings. The monoisotopic (exact) mass is 223 g/mol. The Morgan fingerprint density at radius 1 is 1.38 bits per heavy atom. The van der Waals surface area contributed by atoms with Crippen molar-refractivity contribution in [1.82, 2.24) is 0 Å². The summed E-state index contributed by atoms with van der Waals surface area (Å²) in [5.41, 5.74) is 6.53. The van der Waals surface area contributed by atoms with E-state index in [4.69, 9.17) is 10.8 Å². The third-order valence-electron chi connectivity index (χ3n) is 2.68. The largest absolute Gasteiger partial charge is 0.480 e. The fourth-order valence-electron chi connectivity index (χ4n) is 1.67. The van der Waals surface area contributed by atoms with Gasteiger partial charge in [0.25, 0.3) is 0 Å². The molecular weight excluding hydrogens is 206 g/mol. The van der Waals surface area contributed by atoms with E-state index in [9.17, 15) is 9.90 Å². The number of aliphatic carboxylic acids is 1. The van der Waals surface area contributed by atoms with Crippen LogP contribution in [0.5, 0.6) is 0 Å². The van der Waals surface area contributed by atoms with Gasteiger partial charge in [-0.05, 0) is 18.9 Å². The van der Waals surface area contributed by atoms with Crippen molar-refractivity contribution >= 4 is 5.97 Å². The van der Waals surface area contributed by atoms with E-state index in [1.807, 2.05) is 30.3 Å². The van der Waals surface area contributed by atoms with Crippen LogP contribution in [0.4, 0.5) is 0 Å². The second-order valence-electron chi connectivity index (χ2n) is 3.96. The Balaban J connectivity index is 2.77. The number of carboxylic acids is 1. The molecule has 16 heavy (non-hydrogen) atoms. The van der Waals surface area contributed by atoms with Crippen molar-refractivity contribution in [1.29, 1.82) is 0 Å². The van der Waals surface area contributed by atoms with Crippen LogP contribution in [0.25, 0.3) is 0 Å². The zero-order chi connectivity index (χ0) is 12.1. The maximum absolute atomic E-state index is 10.8. The standard InChI is InChI=1S/C12H17NO3/c1-8(14)10(11(13)12(15)16)7-9-5-3-2-4-6-9/h2-6,8,10-11,14H,7,13H2,1H3,(H,15,16)/t8-,10-,11+/m1/s1. The molecule has 0 saturated carbocycles. The SMILES string of the molecule is C[C@@H](O)[C@@H](Cc1ccccc1)[C@H](N)C(=O)O. The topological polar surface area (TPSA) is 83.5 Å². The second kappa shape index (κ2) is 5.63. The molecule has 88 valence electrons. The first-order chi connectivity index (χ1) is 7.52. The average Bonchev–Trinajstić information content (AvgIpc) is 2.26. The van der Waals surface area contributed by atoms with Gasteiger partial charge in [-0.1, -0.05) is 30.3 Å². The number of carboxylic acid groups (broad SMARTS) is 1. The quantitative estimate of drug-likeness (QED) is 0.684. The highest BCUT2D eigenvalue weighted by Gasteiger charge is 2.28. The molecule has 0 heterocycles. The van der Waals surface area contributed by atoms with Crippen molar-refractivity contribution in [3.8, 4) is 0 Å². The lowest BCUT2D eigenvalue weighted by molar-refractivity contribution is -0.141. The van der Waals surface area contributed by atoms with E-state index in [2.05, 4.69) is 0 Å². The van der Waals surface area contributed by atoms with Gasteiger partial charge in [-0.25, -0.2) is 0 Å². The van der Waals surface area contributed by atoms with Gasteiger partial charge in [0.15, 0.2) is 0 Å². The highest BCUT2D eigenvalue weighted by molar-refractivity contribution is 5.73. The molecular formula is C12H17NO3. The number of hydrogen-bond donors (Lipinski definition) is 3. The summed E-state index contributed by atoms with van der Waals surface area (Å²) < 4.78 is 0. The molecule has 0 bridgehead atoms. The van der Waals surface area contributed by atoms with Gasteiger partial charge in [-0.15, -0.1) is 0 Å². The molecule has 0 aromatic heterocycles. The Bertz CT molecular complexity index is 337. The maximum atomic E-state index is 10.8. The number of hydrogen-bond acceptors (Lipinski definition) is 3. The average molecular weight is 223 g/mol. The number of aliphatic hydroxyl groups is 1. The Hall–Kier alpha value is -1.39. The van der Waals surface area contributed by atoms with Crippen molar-refractivity contribution in [2.45, 2.75) is 25.5 Å². The lowest BCUT2D eigenvalue weighted by Gasteiger charge is -2.23. The predicted octanol–water partition coefficient (Wildman–Crippen LogP) is 0.638. The van der Waals surface area contributed by atoms with Gasteiger partial charge in [0.1, 0.15) is 6.04 Å². The van der Waals surface area contributed by atoms with Gasteiger partial charge >= 0.3 is 5.97 Å². The molecule has 0 aliphatic heterocycles. The van der Waals surface area contributed by atoms with Gasteiger partial charge < -0.3 is 15.9 Å². The van der Waals surface area contributed by atoms with Crippen LogP contribution in [-0.2, 0) is 11.2 Å². The Morgan fingerprint density at radius 3 is 2.38 bits per heavy atom. The molecule has 4 N–H and O–H groups in total. The fourth-order valence-corrected chi connectivity index (χ4v) is 1.67. The highest BCUT2D eigenvalue weighted by Crippen LogP contribution is 2.15. The Kier molecular flexibility index (Phi) is 4.46. The van der Waals surface area contributed by atoms with E-state index in [1.54, 1.807) is 6.92 Å². The van der Waals surface area contributed by atoms with Crippen LogP contribution < -0.4 is 5.73 Å². The predicted molar refractivity (Wildman–Crippen MR) is 60.9 cm³/mol. The van der Waals surface area contributed by atoms with E-state index in [0.29, 0.717) is 6.42 Å². The minimum Gasteiger partial charge on any atom is -0.480 e. The van der Waals surface area contributed by atoms with Gasteiger partial charge in [-0.3, -0.25) is 4.79 Å². The fraction of sp³-hybridized carbons (Fsp3) is 0.417. The zero-order valence-electron chi connectivity index (χ0n) is 9.21. The normalized spacial score (nSPS) is 16.4. The summed E-state index contributed by atoms with van der Waals surface area (Å²) in [5, 5.41) is 18.4. The first-order valence-corrected chi connectivity index (χ1v) is 5.22. The minimum atomic E-state index is -1.08. The van der Waals surface area contributed by atoms with Crippen molar-refractivity contribution in [3.63, 3.8) is 0 Å². The molecule has 3 atom stereocenters. The molecule has 0 unspecified atom stereocenters. The highest BCUT2D eigenvalue weighted by atomic mass is 16.4. The van der Waals surface area contributed by atoms with E-state index < -0.39 is 24.0 Å². The maximum Gasteiger partial charge on any atom is 0.320 e. The number of nitrogens with two attached hydrogens (primary N) is 1. The third-order valence-corrected chi connectivity index (χ3v) is 2.68. The van der Waals surface area contributed by atoms with E-state index in [-0.39, 0.29) is 0 Å². The van der Waals surface area contributed by atoms with E-state index in [1.165, 1.54) is 0 Å². The second-order valence-corrected chi connectivity index (χ2v) is 3.96. The summed E-state index contributed by atoms with van der Waals surface area (Å²) in [7, 11) is 0. The smallest absolute Gasteiger partial charge is 0.320 e. The number of aliphatic hydroxyl groups excluding tert-OH is 1. The lowest BCUT2D eigenvalue weighted by Crippen LogP contribution is -2.44. The van der Waals surface area contributed by atoms with Crippen LogP contribution in [-0.4, -0.2) is 28.3 Å². The zero-order valence-corrected chi connectivity index (χ0v) is 9.21. The van der Waals surface area contributed by atoms with Crippen molar-refractivity contribution in [2.24, 2.45) is 11.7 Å². The van der Waals surface area contributed by atoms with Crippen molar-refractivity contribution in [3.05, 3.63) is 35.9 Å². The van der Waals surface area contributed by atoms with Crippen LogP contribution >= 0.6 is 0 Å². The lowest BCUT2D eigenvalue weighted by atomic mass is 9.88. The van der Waals surface area contributed by atoms with Crippen molar-refractivity contribution in [2.75, 3.05) is 0 Å². The molecule has 0 spiro atoms. The van der Waals surface area contributed by atoms with Crippen LogP contribution in [0.2, 0.25) is 0 Å². The van der Waals surface area contributed by atoms with Crippen LogP contribution in [0, 0.1) is 5.92 Å². The van der Waals surface area contributed by atoms with Crippen molar-refractivity contribution < 1.29 is 15.0 Å². The summed E-state index contributed by atoms with van der Waals surface area (Å²) in [6.07, 6.45) is -0.280. The molecule has 4 nitrogen and oxygen atoms in total. The molecule has 0 aliphatic carbocycles. The van der Waals surface area contributed by atoms with E-state index in [0.717, 1.165) is 5.56 Å². The van der Waals surface area contributed by atoms with Gasteiger partial charge in [0, 0.05) is 5.92 Å². The number of benzene rings is 1. The first kappa shape index (κ1) is 12.7. The van der Waals surface area contributed by atoms with Gasteiger partial charge in [-0.2, -0.15) is 0 Å². The molecule has 1 rings (SSSR count). The minimum absolute atomic E-state index is 0.464. The molecule has 0 saturated heterocycles. The third kappa shape index (κ3) is 3.32. The molecule has 0 radical (unpaired) electrons. The Morgan fingerprint density at radius 2 is 1.94 bits per heavy atom. The Labute approximate surface area is 94.7 Å². The number of rotatable bonds is 5. The molecule has 1 aromatic rings. The van der Waals surface area contributed by atoms with E-state index >= 15 is 0 Å². The molecule has 4 heteroatoms. The summed E-state index contributed by atoms with van der Waals surface area (Å²) in [5.74, 6) is -1.55. The first-order valence-electron chi connectivity index (χ1n) is 5.22. The molecule has 0 fully saturated rings. The molecule has 0 amide bonds. The molecule has 1 aromatic carbocycles. The summed E-state index contributed by atoms with van der Waals surface area (Å²) in [6, 6.07) is 8.38. The summed E-state index contributed by atoms with van der Waals surface area (Å²) in [4.78, 5) is 10.8. The van der Waals surface area contributed by atoms with Crippen LogP contribution in [0.15, 0.2) is 30.3 Å². The summed E-state index contributed by atoms with van der Waals surface area (Å²) >= 11 is 0. The summed E-state index contributed by atoms with van der Waals surface area (Å²) in [6.45, 7) is 1.57. The van der Waals surface area contributed by atoms with Crippen LogP contribution in [0.1, 0.15) is 12.5 Å². The van der Waals surface area contributed by atoms with Gasteiger partial charge in [0.2, 0.25) is 0 Å². The van der Waals surface area contributed by atoms with Crippen LogP contribution in [0.3, 0.4) is 0 Å². The van der Waals surface area contributed by atoms with Gasteiger partial charge in [0.05, 0.1) is 6.10 Å².